The van der Waals surface area contributed by atoms with Crippen LogP contribution in [0.4, 0.5) is 0 Å². The van der Waals surface area contributed by atoms with Crippen LogP contribution < -0.4 is 10.5 Å². The standard InChI is InChI=1S/C17H26N2O3/c1-21-12-7-9-19(10-8-12)16-14(18)11-15(17(16)20)22-13-5-3-2-4-6-13/h2-6,12,14-17,20H,7-11,18H2,1H3/t14-,15-,16+,17+/m1/s1. The second kappa shape index (κ2) is 6.96. The Kier molecular flexibility index (Phi) is 4.98. The number of aliphatic hydroxyl groups excluding tert-OH is 1. The van der Waals surface area contributed by atoms with Crippen LogP contribution in [0.3, 0.4) is 0 Å². The Balaban J connectivity index is 1.62. The molecule has 3 rings (SSSR count). The molecule has 3 N–H and O–H groups in total. The summed E-state index contributed by atoms with van der Waals surface area (Å²) in [6.07, 6.45) is 2.23. The maximum atomic E-state index is 10.7. The number of hydrogen-bond donors (Lipinski definition) is 2. The number of likely N-dealkylation sites (tertiary alicyclic amines) is 1. The monoisotopic (exact) mass is 306 g/mol. The first-order valence-corrected chi connectivity index (χ1v) is 8.11. The molecule has 2 fully saturated rings. The molecule has 1 heterocycles. The van der Waals surface area contributed by atoms with Crippen molar-refractivity contribution in [1.29, 1.82) is 0 Å². The van der Waals surface area contributed by atoms with Crippen molar-refractivity contribution >= 4 is 0 Å². The highest BCUT2D eigenvalue weighted by atomic mass is 16.5. The van der Waals surface area contributed by atoms with Gasteiger partial charge in [0.15, 0.2) is 0 Å². The molecule has 122 valence electrons. The second-order valence-corrected chi connectivity index (χ2v) is 6.32. The summed E-state index contributed by atoms with van der Waals surface area (Å²) in [7, 11) is 1.76. The van der Waals surface area contributed by atoms with Crippen LogP contribution in [0.5, 0.6) is 5.75 Å². The maximum absolute atomic E-state index is 10.7. The van der Waals surface area contributed by atoms with Crippen molar-refractivity contribution in [1.82, 2.24) is 4.90 Å². The summed E-state index contributed by atoms with van der Waals surface area (Å²) in [4.78, 5) is 2.30. The molecule has 2 aliphatic rings. The molecule has 1 aliphatic carbocycles. The molecule has 0 unspecified atom stereocenters. The van der Waals surface area contributed by atoms with Gasteiger partial charge in [-0.2, -0.15) is 0 Å². The molecule has 1 saturated carbocycles. The number of nitrogens with two attached hydrogens (primary N) is 1. The minimum absolute atomic E-state index is 0.0217. The van der Waals surface area contributed by atoms with E-state index in [0.29, 0.717) is 12.5 Å². The molecule has 0 amide bonds. The molecule has 0 radical (unpaired) electrons. The first-order chi connectivity index (χ1) is 10.7. The van der Waals surface area contributed by atoms with E-state index in [-0.39, 0.29) is 18.2 Å². The van der Waals surface area contributed by atoms with Crippen LogP contribution in [-0.2, 0) is 4.74 Å². The molecule has 0 bridgehead atoms. The maximum Gasteiger partial charge on any atom is 0.128 e. The number of hydrogen-bond acceptors (Lipinski definition) is 5. The van der Waals surface area contributed by atoms with Gasteiger partial charge in [-0.25, -0.2) is 0 Å². The van der Waals surface area contributed by atoms with Crippen molar-refractivity contribution in [3.05, 3.63) is 30.3 Å². The molecule has 1 aromatic carbocycles. The third kappa shape index (κ3) is 3.27. The minimum Gasteiger partial charge on any atom is -0.488 e. The van der Waals surface area contributed by atoms with Crippen molar-refractivity contribution in [3.63, 3.8) is 0 Å². The lowest BCUT2D eigenvalue weighted by Gasteiger charge is -2.38. The van der Waals surface area contributed by atoms with Gasteiger partial charge >= 0.3 is 0 Å². The number of benzene rings is 1. The Labute approximate surface area is 132 Å². The molecule has 1 aromatic rings. The Morgan fingerprint density at radius 3 is 2.50 bits per heavy atom. The summed E-state index contributed by atoms with van der Waals surface area (Å²) in [6.45, 7) is 1.85. The van der Waals surface area contributed by atoms with Gasteiger partial charge in [-0.3, -0.25) is 4.90 Å². The number of aliphatic hydroxyl groups is 1. The second-order valence-electron chi connectivity index (χ2n) is 6.32. The van der Waals surface area contributed by atoms with Crippen LogP contribution in [0, 0.1) is 0 Å². The molecule has 22 heavy (non-hydrogen) atoms. The van der Waals surface area contributed by atoms with Gasteiger partial charge in [-0.1, -0.05) is 18.2 Å². The van der Waals surface area contributed by atoms with E-state index in [4.69, 9.17) is 15.2 Å². The van der Waals surface area contributed by atoms with E-state index in [0.717, 1.165) is 31.7 Å². The zero-order valence-corrected chi connectivity index (χ0v) is 13.1. The fraction of sp³-hybridized carbons (Fsp3) is 0.647. The smallest absolute Gasteiger partial charge is 0.128 e. The first-order valence-electron chi connectivity index (χ1n) is 8.11. The molecular weight excluding hydrogens is 280 g/mol. The summed E-state index contributed by atoms with van der Waals surface area (Å²) < 4.78 is 11.4. The molecule has 1 saturated heterocycles. The number of para-hydroxylation sites is 1. The van der Waals surface area contributed by atoms with E-state index in [1.165, 1.54) is 0 Å². The lowest BCUT2D eigenvalue weighted by atomic mass is 10.0. The van der Waals surface area contributed by atoms with E-state index in [1.807, 2.05) is 30.3 Å². The van der Waals surface area contributed by atoms with Crippen molar-refractivity contribution in [3.8, 4) is 5.75 Å². The molecule has 0 spiro atoms. The van der Waals surface area contributed by atoms with Gasteiger partial charge < -0.3 is 20.3 Å². The van der Waals surface area contributed by atoms with Gasteiger partial charge in [0, 0.05) is 32.7 Å². The Hall–Kier alpha value is -1.14. The Morgan fingerprint density at radius 2 is 1.86 bits per heavy atom. The van der Waals surface area contributed by atoms with Gasteiger partial charge in [0.05, 0.1) is 12.1 Å². The van der Waals surface area contributed by atoms with Gasteiger partial charge in [0.1, 0.15) is 18.0 Å². The number of ether oxygens (including phenoxy) is 2. The summed E-state index contributed by atoms with van der Waals surface area (Å²) in [5.41, 5.74) is 6.30. The van der Waals surface area contributed by atoms with Crippen LogP contribution in [-0.4, -0.2) is 60.6 Å². The lowest BCUT2D eigenvalue weighted by Crippen LogP contribution is -2.54. The first kappa shape index (κ1) is 15.7. The van der Waals surface area contributed by atoms with E-state index >= 15 is 0 Å². The predicted molar refractivity (Wildman–Crippen MR) is 84.8 cm³/mol. The molecule has 5 heteroatoms. The zero-order chi connectivity index (χ0) is 15.5. The SMILES string of the molecule is COC1CCN([C@@H]2[C@@H](O)[C@H](Oc3ccccc3)C[C@H]2N)CC1. The zero-order valence-electron chi connectivity index (χ0n) is 13.1. The van der Waals surface area contributed by atoms with Crippen LogP contribution in [0.15, 0.2) is 30.3 Å². The van der Waals surface area contributed by atoms with Gasteiger partial charge in [0.2, 0.25) is 0 Å². The predicted octanol–water partition coefficient (Wildman–Crippen LogP) is 1.01. The number of piperidine rings is 1. The highest BCUT2D eigenvalue weighted by molar-refractivity contribution is 5.22. The van der Waals surface area contributed by atoms with Crippen LogP contribution >= 0.6 is 0 Å². The minimum atomic E-state index is -0.547. The quantitative estimate of drug-likeness (QED) is 0.869. The van der Waals surface area contributed by atoms with Gasteiger partial charge in [0.25, 0.3) is 0 Å². The molecule has 0 aromatic heterocycles. The highest BCUT2D eigenvalue weighted by Crippen LogP contribution is 2.30. The van der Waals surface area contributed by atoms with E-state index in [2.05, 4.69) is 4.90 Å². The van der Waals surface area contributed by atoms with Crippen molar-refractivity contribution < 1.29 is 14.6 Å². The van der Waals surface area contributed by atoms with Gasteiger partial charge in [-0.15, -0.1) is 0 Å². The normalized spacial score (nSPS) is 34.0. The average Bonchev–Trinajstić information content (AvgIpc) is 2.82. The molecule has 4 atom stereocenters. The van der Waals surface area contributed by atoms with E-state index in [9.17, 15) is 5.11 Å². The number of rotatable bonds is 4. The topological polar surface area (TPSA) is 68.0 Å². The fourth-order valence-electron chi connectivity index (χ4n) is 3.71. The largest absolute Gasteiger partial charge is 0.488 e. The third-order valence-corrected chi connectivity index (χ3v) is 4.94. The van der Waals surface area contributed by atoms with Gasteiger partial charge in [-0.05, 0) is 25.0 Å². The summed E-state index contributed by atoms with van der Waals surface area (Å²) in [5.74, 6) is 0.789. The Bertz CT molecular complexity index is 462. The average molecular weight is 306 g/mol. The number of methoxy groups -OCH3 is 1. The van der Waals surface area contributed by atoms with Crippen LogP contribution in [0.2, 0.25) is 0 Å². The Morgan fingerprint density at radius 1 is 1.18 bits per heavy atom. The molecule has 1 aliphatic heterocycles. The fourth-order valence-corrected chi connectivity index (χ4v) is 3.71. The molecule has 5 nitrogen and oxygen atoms in total. The number of nitrogens with zero attached hydrogens (tertiary/aromatic N) is 1. The highest BCUT2D eigenvalue weighted by Gasteiger charge is 2.45. The van der Waals surface area contributed by atoms with E-state index in [1.54, 1.807) is 7.11 Å². The lowest BCUT2D eigenvalue weighted by molar-refractivity contribution is -0.0214. The van der Waals surface area contributed by atoms with Crippen molar-refractivity contribution in [2.45, 2.75) is 49.7 Å². The summed E-state index contributed by atoms with van der Waals surface area (Å²) in [5, 5.41) is 10.7. The van der Waals surface area contributed by atoms with Crippen LogP contribution in [0.25, 0.3) is 0 Å². The van der Waals surface area contributed by atoms with Crippen LogP contribution in [0.1, 0.15) is 19.3 Å². The third-order valence-electron chi connectivity index (χ3n) is 4.94. The summed E-state index contributed by atoms with van der Waals surface area (Å²) >= 11 is 0. The van der Waals surface area contributed by atoms with Crippen molar-refractivity contribution in [2.24, 2.45) is 5.73 Å². The molecular formula is C17H26N2O3. The van der Waals surface area contributed by atoms with Crippen molar-refractivity contribution in [2.75, 3.05) is 20.2 Å². The summed E-state index contributed by atoms with van der Waals surface area (Å²) in [6, 6.07) is 9.57. The van der Waals surface area contributed by atoms with E-state index < -0.39 is 6.10 Å².